The molecular formula is C13H11N3OS. The van der Waals surface area contributed by atoms with Crippen molar-refractivity contribution in [2.24, 2.45) is 0 Å². The van der Waals surface area contributed by atoms with Gasteiger partial charge in [0, 0.05) is 16.5 Å². The van der Waals surface area contributed by atoms with E-state index in [0.29, 0.717) is 10.9 Å². The van der Waals surface area contributed by atoms with E-state index in [4.69, 9.17) is 10.2 Å². The molecule has 2 N–H and O–H groups in total. The van der Waals surface area contributed by atoms with Crippen molar-refractivity contribution >= 4 is 28.4 Å². The molecule has 0 radical (unpaired) electrons. The minimum absolute atomic E-state index is 0.627. The predicted octanol–water partition coefficient (Wildman–Crippen LogP) is 3.26. The minimum atomic E-state index is 0.627. The Labute approximate surface area is 108 Å². The Bertz CT molecular complexity index is 708. The number of aryl methyl sites for hydroxylation is 1. The SMILES string of the molecule is Cc1coc(Sc2ccnc3c(N)cccc23)n1. The van der Waals surface area contributed by atoms with Gasteiger partial charge in [0.15, 0.2) is 0 Å². The van der Waals surface area contributed by atoms with Gasteiger partial charge in [0.05, 0.1) is 16.9 Å². The van der Waals surface area contributed by atoms with E-state index in [1.165, 1.54) is 11.8 Å². The number of benzene rings is 1. The summed E-state index contributed by atoms with van der Waals surface area (Å²) in [4.78, 5) is 9.61. The molecule has 3 aromatic rings. The third-order valence-corrected chi connectivity index (χ3v) is 3.50. The molecule has 0 unspecified atom stereocenters. The fraction of sp³-hybridized carbons (Fsp3) is 0.0769. The standard InChI is InChI=1S/C13H11N3OS/c1-8-7-17-13(16-8)18-11-5-6-15-12-9(11)3-2-4-10(12)14/h2-7H,14H2,1H3. The first-order valence-corrected chi connectivity index (χ1v) is 6.29. The number of hydrogen-bond donors (Lipinski definition) is 1. The molecule has 3 rings (SSSR count). The van der Waals surface area contributed by atoms with Gasteiger partial charge in [0.1, 0.15) is 6.26 Å². The zero-order chi connectivity index (χ0) is 12.5. The second-order valence-electron chi connectivity index (χ2n) is 3.91. The fourth-order valence-electron chi connectivity index (χ4n) is 1.74. The first-order chi connectivity index (χ1) is 8.74. The van der Waals surface area contributed by atoms with Crippen LogP contribution >= 0.6 is 11.8 Å². The van der Waals surface area contributed by atoms with Gasteiger partial charge >= 0.3 is 0 Å². The van der Waals surface area contributed by atoms with Crippen LogP contribution in [0.2, 0.25) is 0 Å². The van der Waals surface area contributed by atoms with Crippen molar-refractivity contribution in [3.8, 4) is 0 Å². The summed E-state index contributed by atoms with van der Waals surface area (Å²) in [5.74, 6) is 0. The Morgan fingerprint density at radius 2 is 2.17 bits per heavy atom. The maximum atomic E-state index is 5.91. The second kappa shape index (κ2) is 4.34. The number of nitrogen functional groups attached to an aromatic ring is 1. The van der Waals surface area contributed by atoms with E-state index in [1.54, 1.807) is 12.5 Å². The summed E-state index contributed by atoms with van der Waals surface area (Å²) in [6.07, 6.45) is 3.39. The maximum absolute atomic E-state index is 5.91. The zero-order valence-electron chi connectivity index (χ0n) is 9.75. The summed E-state index contributed by atoms with van der Waals surface area (Å²) >= 11 is 1.47. The van der Waals surface area contributed by atoms with Crippen molar-refractivity contribution in [3.05, 3.63) is 42.4 Å². The molecule has 0 saturated carbocycles. The molecule has 0 amide bonds. The van der Waals surface area contributed by atoms with Crippen LogP contribution in [0.5, 0.6) is 0 Å². The summed E-state index contributed by atoms with van der Waals surface area (Å²) in [5, 5.41) is 1.64. The number of para-hydroxylation sites is 1. The van der Waals surface area contributed by atoms with Crippen LogP contribution in [0.25, 0.3) is 10.9 Å². The Balaban J connectivity index is 2.09. The maximum Gasteiger partial charge on any atom is 0.260 e. The highest BCUT2D eigenvalue weighted by molar-refractivity contribution is 7.99. The molecule has 5 heteroatoms. The molecule has 0 aliphatic heterocycles. The number of hydrogen-bond acceptors (Lipinski definition) is 5. The van der Waals surface area contributed by atoms with Crippen LogP contribution in [0.3, 0.4) is 0 Å². The number of aromatic nitrogens is 2. The molecule has 0 fully saturated rings. The van der Waals surface area contributed by atoms with Gasteiger partial charge < -0.3 is 10.2 Å². The summed E-state index contributed by atoms with van der Waals surface area (Å²) in [5.41, 5.74) is 8.27. The molecule has 4 nitrogen and oxygen atoms in total. The van der Waals surface area contributed by atoms with Crippen LogP contribution in [0.1, 0.15) is 5.69 Å². The molecule has 18 heavy (non-hydrogen) atoms. The lowest BCUT2D eigenvalue weighted by Gasteiger charge is -2.04. The van der Waals surface area contributed by atoms with Crippen molar-refractivity contribution in [3.63, 3.8) is 0 Å². The van der Waals surface area contributed by atoms with E-state index >= 15 is 0 Å². The van der Waals surface area contributed by atoms with Crippen molar-refractivity contribution in [2.75, 3.05) is 5.73 Å². The van der Waals surface area contributed by atoms with Crippen molar-refractivity contribution < 1.29 is 4.42 Å². The normalized spacial score (nSPS) is 10.9. The van der Waals surface area contributed by atoms with Crippen LogP contribution in [0.4, 0.5) is 5.69 Å². The molecule has 0 aliphatic carbocycles. The molecule has 1 aromatic carbocycles. The number of fused-ring (bicyclic) bond motifs is 1. The minimum Gasteiger partial charge on any atom is -0.439 e. The number of nitrogens with zero attached hydrogens (tertiary/aromatic N) is 2. The summed E-state index contributed by atoms with van der Waals surface area (Å²) in [6.45, 7) is 1.90. The number of rotatable bonds is 2. The van der Waals surface area contributed by atoms with Crippen LogP contribution in [0.15, 0.2) is 51.3 Å². The Kier molecular flexibility index (Phi) is 2.68. The van der Waals surface area contributed by atoms with E-state index in [9.17, 15) is 0 Å². The highest BCUT2D eigenvalue weighted by Crippen LogP contribution is 2.33. The average molecular weight is 257 g/mol. The Hall–Kier alpha value is -2.01. The fourth-order valence-corrected chi connectivity index (χ4v) is 2.61. The largest absolute Gasteiger partial charge is 0.439 e. The van der Waals surface area contributed by atoms with E-state index in [1.807, 2.05) is 31.2 Å². The molecule has 90 valence electrons. The van der Waals surface area contributed by atoms with Gasteiger partial charge in [-0.15, -0.1) is 0 Å². The molecular weight excluding hydrogens is 246 g/mol. The van der Waals surface area contributed by atoms with Gasteiger partial charge in [-0.3, -0.25) is 4.98 Å². The van der Waals surface area contributed by atoms with Gasteiger partial charge in [-0.05, 0) is 30.8 Å². The van der Waals surface area contributed by atoms with Crippen LogP contribution in [0, 0.1) is 6.92 Å². The lowest BCUT2D eigenvalue weighted by atomic mass is 10.2. The van der Waals surface area contributed by atoms with E-state index < -0.39 is 0 Å². The molecule has 0 bridgehead atoms. The zero-order valence-corrected chi connectivity index (χ0v) is 10.6. The van der Waals surface area contributed by atoms with Crippen LogP contribution < -0.4 is 5.73 Å². The summed E-state index contributed by atoms with van der Waals surface area (Å²) in [7, 11) is 0. The third-order valence-electron chi connectivity index (χ3n) is 2.56. The summed E-state index contributed by atoms with van der Waals surface area (Å²) < 4.78 is 5.35. The van der Waals surface area contributed by atoms with Crippen LogP contribution in [-0.2, 0) is 0 Å². The molecule has 2 aromatic heterocycles. The molecule has 0 spiro atoms. The van der Waals surface area contributed by atoms with Gasteiger partial charge in [0.25, 0.3) is 5.22 Å². The third kappa shape index (κ3) is 1.93. The smallest absolute Gasteiger partial charge is 0.260 e. The summed E-state index contributed by atoms with van der Waals surface area (Å²) in [6, 6.07) is 7.70. The Morgan fingerprint density at radius 3 is 2.94 bits per heavy atom. The monoisotopic (exact) mass is 257 g/mol. The molecule has 0 atom stereocenters. The molecule has 0 saturated heterocycles. The van der Waals surface area contributed by atoms with Crippen molar-refractivity contribution in [2.45, 2.75) is 17.0 Å². The highest BCUT2D eigenvalue weighted by atomic mass is 32.2. The molecule has 2 heterocycles. The van der Waals surface area contributed by atoms with Crippen molar-refractivity contribution in [1.82, 2.24) is 9.97 Å². The number of oxazole rings is 1. The lowest BCUT2D eigenvalue weighted by Crippen LogP contribution is -1.90. The number of pyridine rings is 1. The topological polar surface area (TPSA) is 64.9 Å². The van der Waals surface area contributed by atoms with Crippen molar-refractivity contribution in [1.29, 1.82) is 0 Å². The average Bonchev–Trinajstić information content (AvgIpc) is 2.76. The quantitative estimate of drug-likeness (QED) is 0.714. The first kappa shape index (κ1) is 11.1. The highest BCUT2D eigenvalue weighted by Gasteiger charge is 2.09. The van der Waals surface area contributed by atoms with E-state index in [-0.39, 0.29) is 0 Å². The number of anilines is 1. The van der Waals surface area contributed by atoms with Gasteiger partial charge in [-0.2, -0.15) is 0 Å². The lowest BCUT2D eigenvalue weighted by molar-refractivity contribution is 0.454. The number of nitrogens with two attached hydrogens (primary N) is 1. The predicted molar refractivity (Wildman–Crippen MR) is 71.5 cm³/mol. The van der Waals surface area contributed by atoms with Gasteiger partial charge in [-0.25, -0.2) is 4.98 Å². The first-order valence-electron chi connectivity index (χ1n) is 5.47. The van der Waals surface area contributed by atoms with Gasteiger partial charge in [-0.1, -0.05) is 12.1 Å². The van der Waals surface area contributed by atoms with E-state index in [2.05, 4.69) is 9.97 Å². The van der Waals surface area contributed by atoms with E-state index in [0.717, 1.165) is 21.5 Å². The Morgan fingerprint density at radius 1 is 1.28 bits per heavy atom. The van der Waals surface area contributed by atoms with Gasteiger partial charge in [0.2, 0.25) is 0 Å². The molecule has 0 aliphatic rings. The second-order valence-corrected chi connectivity index (χ2v) is 4.90. The van der Waals surface area contributed by atoms with Crippen LogP contribution in [-0.4, -0.2) is 9.97 Å².